The number of aromatic nitrogens is 5. The van der Waals surface area contributed by atoms with E-state index < -0.39 is 0 Å². The van der Waals surface area contributed by atoms with Crippen LogP contribution in [-0.4, -0.2) is 24.5 Å². The Morgan fingerprint density at radius 3 is 2.51 bits per heavy atom. The molecule has 2 heterocycles. The largest absolute Gasteiger partial charge is 0.487 e. The molecule has 0 aliphatic carbocycles. The van der Waals surface area contributed by atoms with Crippen molar-refractivity contribution < 1.29 is 4.74 Å². The van der Waals surface area contributed by atoms with Gasteiger partial charge in [-0.1, -0.05) is 53.2 Å². The van der Waals surface area contributed by atoms with E-state index in [-0.39, 0.29) is 12.2 Å². The van der Waals surface area contributed by atoms with Crippen molar-refractivity contribution in [1.82, 2.24) is 24.5 Å². The summed E-state index contributed by atoms with van der Waals surface area (Å²) < 4.78 is 9.24. The predicted molar refractivity (Wildman–Crippen MR) is 158 cm³/mol. The molecule has 0 saturated heterocycles. The van der Waals surface area contributed by atoms with Gasteiger partial charge in [-0.25, -0.2) is 9.67 Å². The smallest absolute Gasteiger partial charge is 0.266 e. The Morgan fingerprint density at radius 2 is 1.71 bits per heavy atom. The molecule has 198 valence electrons. The molecule has 6 aromatic rings. The number of nitrogens with zero attached hydrogens (tertiary/aromatic N) is 6. The predicted octanol–water partition coefficient (Wildman–Crippen LogP) is 6.24. The summed E-state index contributed by atoms with van der Waals surface area (Å²) >= 11 is 5.98. The Kier molecular flexibility index (Phi) is 7.10. The van der Waals surface area contributed by atoms with Gasteiger partial charge in [0.05, 0.1) is 40.1 Å². The molecule has 41 heavy (non-hydrogen) atoms. The van der Waals surface area contributed by atoms with Gasteiger partial charge < -0.3 is 4.74 Å². The molecule has 6 rings (SSSR count). The number of fused-ring (bicyclic) bond motifs is 1. The second kappa shape index (κ2) is 11.3. The zero-order valence-corrected chi connectivity index (χ0v) is 22.3. The van der Waals surface area contributed by atoms with Crippen LogP contribution in [0.25, 0.3) is 34.4 Å². The third-order valence-electron chi connectivity index (χ3n) is 6.36. The average molecular weight is 557 g/mol. The third kappa shape index (κ3) is 5.62. The molecule has 0 atom stereocenters. The van der Waals surface area contributed by atoms with Gasteiger partial charge in [0.1, 0.15) is 23.9 Å². The Labute approximate surface area is 240 Å². The van der Waals surface area contributed by atoms with Crippen LogP contribution < -0.4 is 10.3 Å². The monoisotopic (exact) mass is 556 g/mol. The van der Waals surface area contributed by atoms with Crippen LogP contribution in [0.15, 0.2) is 108 Å². The Morgan fingerprint density at radius 1 is 0.902 bits per heavy atom. The summed E-state index contributed by atoms with van der Waals surface area (Å²) in [6, 6.07) is 31.1. The van der Waals surface area contributed by atoms with Crippen LogP contribution in [0, 0.1) is 11.3 Å². The van der Waals surface area contributed by atoms with Gasteiger partial charge in [0.25, 0.3) is 5.56 Å². The fraction of sp³-hybridized carbons (Fsp3) is 0.0312. The van der Waals surface area contributed by atoms with Crippen molar-refractivity contribution in [2.24, 2.45) is 0 Å². The first-order valence-electron chi connectivity index (χ1n) is 12.7. The first-order valence-corrected chi connectivity index (χ1v) is 13.1. The number of para-hydroxylation sites is 1. The molecule has 0 N–H and O–H groups in total. The molecule has 9 heteroatoms. The molecular weight excluding hydrogens is 536 g/mol. The van der Waals surface area contributed by atoms with Gasteiger partial charge in [-0.05, 0) is 72.3 Å². The van der Waals surface area contributed by atoms with E-state index in [0.717, 1.165) is 11.3 Å². The summed E-state index contributed by atoms with van der Waals surface area (Å²) in [4.78, 5) is 18.5. The second-order valence-corrected chi connectivity index (χ2v) is 9.55. The zero-order chi connectivity index (χ0) is 28.2. The van der Waals surface area contributed by atoms with Crippen LogP contribution >= 0.6 is 11.6 Å². The fourth-order valence-corrected chi connectivity index (χ4v) is 4.43. The number of rotatable bonds is 7. The summed E-state index contributed by atoms with van der Waals surface area (Å²) in [6.45, 7) is 0.188. The minimum absolute atomic E-state index is 0.188. The van der Waals surface area contributed by atoms with Crippen molar-refractivity contribution in [3.8, 4) is 23.2 Å². The maximum Gasteiger partial charge on any atom is 0.266 e. The average Bonchev–Trinajstić information content (AvgIpc) is 3.49. The van der Waals surface area contributed by atoms with Crippen LogP contribution in [-0.2, 0) is 6.61 Å². The first kappa shape index (κ1) is 25.7. The quantitative estimate of drug-likeness (QED) is 0.231. The lowest BCUT2D eigenvalue weighted by Gasteiger charge is -2.13. The molecule has 2 aromatic heterocycles. The summed E-state index contributed by atoms with van der Waals surface area (Å²) in [5.41, 5.74) is 3.94. The van der Waals surface area contributed by atoms with Gasteiger partial charge in [0.15, 0.2) is 0 Å². The molecular formula is C32H21ClN6O2. The topological polar surface area (TPSA) is 98.6 Å². The molecule has 0 aliphatic heterocycles. The fourth-order valence-electron chi connectivity index (χ4n) is 4.30. The minimum atomic E-state index is -0.196. The highest BCUT2D eigenvalue weighted by Gasteiger charge is 2.12. The number of halogens is 1. The summed E-state index contributed by atoms with van der Waals surface area (Å²) in [5.74, 6) is 1.02. The van der Waals surface area contributed by atoms with E-state index in [1.54, 1.807) is 57.9 Å². The van der Waals surface area contributed by atoms with Crippen molar-refractivity contribution >= 4 is 34.7 Å². The molecule has 0 saturated carbocycles. The van der Waals surface area contributed by atoms with E-state index >= 15 is 0 Å². The van der Waals surface area contributed by atoms with Crippen molar-refractivity contribution in [3.63, 3.8) is 0 Å². The van der Waals surface area contributed by atoms with E-state index in [0.29, 0.717) is 44.4 Å². The van der Waals surface area contributed by atoms with Gasteiger partial charge in [-0.3, -0.25) is 9.36 Å². The Bertz CT molecular complexity index is 1990. The molecule has 0 radical (unpaired) electrons. The number of benzene rings is 4. The summed E-state index contributed by atoms with van der Waals surface area (Å²) in [7, 11) is 0. The molecule has 8 nitrogen and oxygen atoms in total. The van der Waals surface area contributed by atoms with Crippen molar-refractivity contribution in [2.45, 2.75) is 6.61 Å². The summed E-state index contributed by atoms with van der Waals surface area (Å²) in [6.07, 6.45) is 5.44. The lowest BCUT2D eigenvalue weighted by atomic mass is 10.1. The standard InChI is InChI=1S/C32H21ClN6O2/c33-24-13-15-26(16-14-24)38-20-25(36-37-38)21-41-28-5-3-4-27(18-28)39-31(17-12-22-8-10-23(19-34)11-9-22)35-30-7-2-1-6-29(30)32(39)40/h1-18,20H,21H2/b17-12+. The van der Waals surface area contributed by atoms with Gasteiger partial charge in [0, 0.05) is 11.1 Å². The molecule has 0 aliphatic rings. The zero-order valence-electron chi connectivity index (χ0n) is 21.6. The minimum Gasteiger partial charge on any atom is -0.487 e. The van der Waals surface area contributed by atoms with E-state index in [9.17, 15) is 4.79 Å². The van der Waals surface area contributed by atoms with Crippen molar-refractivity contribution in [3.05, 3.63) is 141 Å². The molecule has 0 bridgehead atoms. The van der Waals surface area contributed by atoms with Crippen LogP contribution in [0.5, 0.6) is 5.75 Å². The van der Waals surface area contributed by atoms with E-state index in [1.165, 1.54) is 0 Å². The molecule has 0 unspecified atom stereocenters. The lowest BCUT2D eigenvalue weighted by molar-refractivity contribution is 0.301. The number of hydrogen-bond acceptors (Lipinski definition) is 6. The third-order valence-corrected chi connectivity index (χ3v) is 6.61. The first-order chi connectivity index (χ1) is 20.1. The number of hydrogen-bond donors (Lipinski definition) is 0. The van der Waals surface area contributed by atoms with Gasteiger partial charge in [-0.15, -0.1) is 5.10 Å². The van der Waals surface area contributed by atoms with Gasteiger partial charge in [-0.2, -0.15) is 5.26 Å². The van der Waals surface area contributed by atoms with E-state index in [4.69, 9.17) is 26.6 Å². The van der Waals surface area contributed by atoms with Crippen LogP contribution in [0.1, 0.15) is 22.6 Å². The highest BCUT2D eigenvalue weighted by atomic mass is 35.5. The van der Waals surface area contributed by atoms with Crippen molar-refractivity contribution in [1.29, 1.82) is 5.26 Å². The number of nitriles is 1. The van der Waals surface area contributed by atoms with Crippen molar-refractivity contribution in [2.75, 3.05) is 0 Å². The molecule has 0 amide bonds. The maximum atomic E-state index is 13.7. The van der Waals surface area contributed by atoms with Crippen LogP contribution in [0.2, 0.25) is 5.02 Å². The SMILES string of the molecule is N#Cc1ccc(/C=C/c2nc3ccccc3c(=O)n2-c2cccc(OCc3cn(-c4ccc(Cl)cc4)nn3)c2)cc1. The normalized spacial score (nSPS) is 11.1. The van der Waals surface area contributed by atoms with Crippen LogP contribution in [0.4, 0.5) is 0 Å². The molecule has 4 aromatic carbocycles. The van der Waals surface area contributed by atoms with E-state index in [1.807, 2.05) is 66.7 Å². The van der Waals surface area contributed by atoms with Crippen LogP contribution in [0.3, 0.4) is 0 Å². The summed E-state index contributed by atoms with van der Waals surface area (Å²) in [5, 5.41) is 18.6. The highest BCUT2D eigenvalue weighted by molar-refractivity contribution is 6.30. The molecule has 0 spiro atoms. The number of ether oxygens (including phenoxy) is 1. The highest BCUT2D eigenvalue weighted by Crippen LogP contribution is 2.21. The lowest BCUT2D eigenvalue weighted by Crippen LogP contribution is -2.22. The Balaban J connectivity index is 1.30. The molecule has 0 fully saturated rings. The Hall–Kier alpha value is -5.52. The second-order valence-electron chi connectivity index (χ2n) is 9.11. The van der Waals surface area contributed by atoms with Gasteiger partial charge in [0.2, 0.25) is 0 Å². The van der Waals surface area contributed by atoms with Gasteiger partial charge >= 0.3 is 0 Å². The van der Waals surface area contributed by atoms with E-state index in [2.05, 4.69) is 16.4 Å². The maximum absolute atomic E-state index is 13.7.